The Morgan fingerprint density at radius 3 is 3.00 bits per heavy atom. The molecule has 5 heteroatoms. The largest absolute Gasteiger partial charge is 0.324 e. The minimum Gasteiger partial charge on any atom is -0.324 e. The fourth-order valence-electron chi connectivity index (χ4n) is 1.18. The molecule has 1 amide bonds. The first-order valence-corrected chi connectivity index (χ1v) is 4.03. The first-order valence-electron chi connectivity index (χ1n) is 3.65. The van der Waals surface area contributed by atoms with E-state index in [0.29, 0.717) is 10.7 Å². The molecule has 13 heavy (non-hydrogen) atoms. The van der Waals surface area contributed by atoms with Crippen molar-refractivity contribution >= 4 is 29.0 Å². The van der Waals surface area contributed by atoms with Gasteiger partial charge in [0.25, 0.3) is 0 Å². The summed E-state index contributed by atoms with van der Waals surface area (Å²) in [5.41, 5.74) is 0.678. The zero-order chi connectivity index (χ0) is 9.42. The van der Waals surface area contributed by atoms with Crippen molar-refractivity contribution < 1.29 is 9.59 Å². The molecule has 0 radical (unpaired) electrons. The van der Waals surface area contributed by atoms with Gasteiger partial charge in [0.15, 0.2) is 5.78 Å². The summed E-state index contributed by atoms with van der Waals surface area (Å²) >= 11 is 5.65. The number of anilines is 1. The normalized spacial score (nSPS) is 15.2. The minimum atomic E-state index is -0.318. The van der Waals surface area contributed by atoms with Crippen LogP contribution in [0.1, 0.15) is 16.9 Å². The van der Waals surface area contributed by atoms with Crippen LogP contribution in [0.4, 0.5) is 5.69 Å². The van der Waals surface area contributed by atoms with Crippen molar-refractivity contribution in [2.75, 3.05) is 5.32 Å². The van der Waals surface area contributed by atoms with Crippen LogP contribution in [0, 0.1) is 0 Å². The number of hydrogen-bond donors (Lipinski definition) is 1. The molecular weight excluding hydrogens is 192 g/mol. The lowest BCUT2D eigenvalue weighted by molar-refractivity contribution is -0.115. The van der Waals surface area contributed by atoms with Crippen molar-refractivity contribution in [1.82, 2.24) is 4.98 Å². The number of halogens is 1. The van der Waals surface area contributed by atoms with E-state index in [1.54, 1.807) is 0 Å². The standard InChI is InChI=1S/C8H5ClN2O2/c9-4-1-5-8(10-3-4)6(12)2-7(13)11-5/h1,3H,2H2,(H,11,13). The van der Waals surface area contributed by atoms with Gasteiger partial charge in [-0.1, -0.05) is 11.6 Å². The Bertz CT molecular complexity index is 403. The molecule has 1 aromatic rings. The maximum Gasteiger partial charge on any atom is 0.232 e. The third-order valence-electron chi connectivity index (χ3n) is 1.71. The van der Waals surface area contributed by atoms with Crippen LogP contribution in [-0.4, -0.2) is 16.7 Å². The third-order valence-corrected chi connectivity index (χ3v) is 1.92. The van der Waals surface area contributed by atoms with Crippen molar-refractivity contribution in [3.63, 3.8) is 0 Å². The van der Waals surface area contributed by atoms with E-state index >= 15 is 0 Å². The highest BCUT2D eigenvalue weighted by molar-refractivity contribution is 6.31. The second kappa shape index (κ2) is 2.81. The van der Waals surface area contributed by atoms with Gasteiger partial charge in [-0.25, -0.2) is 4.98 Å². The van der Waals surface area contributed by atoms with E-state index in [0.717, 1.165) is 0 Å². The van der Waals surface area contributed by atoms with E-state index in [1.165, 1.54) is 12.3 Å². The average Bonchev–Trinajstić information content (AvgIpc) is 2.02. The Hall–Kier alpha value is -1.42. The first kappa shape index (κ1) is 8.19. The topological polar surface area (TPSA) is 59.1 Å². The third kappa shape index (κ3) is 1.40. The average molecular weight is 197 g/mol. The molecule has 0 saturated carbocycles. The number of fused-ring (bicyclic) bond motifs is 1. The lowest BCUT2D eigenvalue weighted by atomic mass is 10.1. The molecule has 0 atom stereocenters. The fraction of sp³-hybridized carbons (Fsp3) is 0.125. The zero-order valence-electron chi connectivity index (χ0n) is 6.50. The van der Waals surface area contributed by atoms with Crippen molar-refractivity contribution in [2.45, 2.75) is 6.42 Å². The van der Waals surface area contributed by atoms with Gasteiger partial charge in [0.1, 0.15) is 5.69 Å². The van der Waals surface area contributed by atoms with E-state index in [1.807, 2.05) is 0 Å². The number of Topliss-reactive ketones (excluding diaryl/α,β-unsaturated/α-hetero) is 1. The summed E-state index contributed by atoms with van der Waals surface area (Å²) in [6, 6.07) is 1.51. The van der Waals surface area contributed by atoms with Crippen LogP contribution >= 0.6 is 11.6 Å². The molecule has 1 aliphatic rings. The summed E-state index contributed by atoms with van der Waals surface area (Å²) in [7, 11) is 0. The number of nitrogens with one attached hydrogen (secondary N) is 1. The first-order chi connectivity index (χ1) is 6.16. The molecule has 1 aliphatic heterocycles. The van der Waals surface area contributed by atoms with Crippen molar-refractivity contribution in [3.05, 3.63) is 23.0 Å². The molecule has 2 heterocycles. The van der Waals surface area contributed by atoms with E-state index < -0.39 is 0 Å². The van der Waals surface area contributed by atoms with Gasteiger partial charge in [-0.2, -0.15) is 0 Å². The number of hydrogen-bond acceptors (Lipinski definition) is 3. The number of ketones is 1. The Kier molecular flexibility index (Phi) is 1.77. The number of nitrogens with zero attached hydrogens (tertiary/aromatic N) is 1. The van der Waals surface area contributed by atoms with Crippen LogP contribution in [0.2, 0.25) is 5.02 Å². The Morgan fingerprint density at radius 2 is 2.23 bits per heavy atom. The molecule has 0 saturated heterocycles. The van der Waals surface area contributed by atoms with Crippen molar-refractivity contribution in [2.24, 2.45) is 0 Å². The fourth-order valence-corrected chi connectivity index (χ4v) is 1.34. The smallest absolute Gasteiger partial charge is 0.232 e. The van der Waals surface area contributed by atoms with Gasteiger partial charge < -0.3 is 5.32 Å². The van der Waals surface area contributed by atoms with Crippen LogP contribution in [0.3, 0.4) is 0 Å². The van der Waals surface area contributed by atoms with E-state index in [2.05, 4.69) is 10.3 Å². The van der Waals surface area contributed by atoms with Crippen LogP contribution in [0.5, 0.6) is 0 Å². The molecule has 0 fully saturated rings. The minimum absolute atomic E-state index is 0.137. The van der Waals surface area contributed by atoms with E-state index in [9.17, 15) is 9.59 Å². The van der Waals surface area contributed by atoms with Crippen LogP contribution in [-0.2, 0) is 4.79 Å². The van der Waals surface area contributed by atoms with Crippen LogP contribution < -0.4 is 5.32 Å². The maximum atomic E-state index is 11.2. The highest BCUT2D eigenvalue weighted by Crippen LogP contribution is 2.23. The quantitative estimate of drug-likeness (QED) is 0.636. The highest BCUT2D eigenvalue weighted by atomic mass is 35.5. The molecule has 1 N–H and O–H groups in total. The predicted molar refractivity (Wildman–Crippen MR) is 46.8 cm³/mol. The van der Waals surface area contributed by atoms with Crippen molar-refractivity contribution in [3.8, 4) is 0 Å². The molecule has 2 rings (SSSR count). The van der Waals surface area contributed by atoms with Gasteiger partial charge in [0.05, 0.1) is 17.1 Å². The highest BCUT2D eigenvalue weighted by Gasteiger charge is 2.23. The van der Waals surface area contributed by atoms with Crippen LogP contribution in [0.25, 0.3) is 0 Å². The number of carbonyl (C=O) groups excluding carboxylic acids is 2. The number of carbonyl (C=O) groups is 2. The van der Waals surface area contributed by atoms with Crippen LogP contribution in [0.15, 0.2) is 12.3 Å². The van der Waals surface area contributed by atoms with Gasteiger partial charge in [0, 0.05) is 6.20 Å². The Labute approximate surface area is 78.9 Å². The van der Waals surface area contributed by atoms with E-state index in [-0.39, 0.29) is 23.8 Å². The monoisotopic (exact) mass is 196 g/mol. The van der Waals surface area contributed by atoms with Crippen molar-refractivity contribution in [1.29, 1.82) is 0 Å². The summed E-state index contributed by atoms with van der Waals surface area (Å²) in [5.74, 6) is -0.586. The summed E-state index contributed by atoms with van der Waals surface area (Å²) in [4.78, 5) is 26.0. The molecule has 0 aromatic carbocycles. The molecule has 4 nitrogen and oxygen atoms in total. The van der Waals surface area contributed by atoms with Gasteiger partial charge >= 0.3 is 0 Å². The molecule has 66 valence electrons. The lowest BCUT2D eigenvalue weighted by Gasteiger charge is -2.13. The molecule has 0 unspecified atom stereocenters. The predicted octanol–water partition coefficient (Wildman–Crippen LogP) is 1.26. The number of rotatable bonds is 0. The number of amides is 1. The summed E-state index contributed by atoms with van der Waals surface area (Å²) in [5, 5.41) is 2.92. The molecule has 0 bridgehead atoms. The summed E-state index contributed by atoms with van der Waals surface area (Å²) in [6.07, 6.45) is 1.25. The maximum absolute atomic E-state index is 11.2. The van der Waals surface area contributed by atoms with Gasteiger partial charge in [-0.05, 0) is 6.07 Å². The number of aromatic nitrogens is 1. The lowest BCUT2D eigenvalue weighted by Crippen LogP contribution is -2.24. The second-order valence-electron chi connectivity index (χ2n) is 2.70. The summed E-state index contributed by atoms with van der Waals surface area (Å²) in [6.45, 7) is 0. The molecule has 0 spiro atoms. The Morgan fingerprint density at radius 1 is 1.46 bits per heavy atom. The van der Waals surface area contributed by atoms with Gasteiger partial charge in [0.2, 0.25) is 5.91 Å². The van der Waals surface area contributed by atoms with Gasteiger partial charge in [-0.15, -0.1) is 0 Å². The summed E-state index contributed by atoms with van der Waals surface area (Å²) < 4.78 is 0. The second-order valence-corrected chi connectivity index (χ2v) is 3.13. The molecule has 1 aromatic heterocycles. The Balaban J connectivity index is 2.55. The zero-order valence-corrected chi connectivity index (χ0v) is 7.26. The van der Waals surface area contributed by atoms with Gasteiger partial charge in [-0.3, -0.25) is 9.59 Å². The molecular formula is C8H5ClN2O2. The number of pyridine rings is 1. The van der Waals surface area contributed by atoms with E-state index in [4.69, 9.17) is 11.6 Å². The SMILES string of the molecule is O=C1CC(=O)c2ncc(Cl)cc2N1. The molecule has 0 aliphatic carbocycles.